The molecule has 0 bridgehead atoms. The molecule has 2 heterocycles. The SMILES string of the molecule is O=C1CCCC(CC(=O)N2CC(O)(c3ccc(F)cc3)C2)N1. The number of carbonyl (C=O) groups excluding carboxylic acids is 2. The molecule has 2 amide bonds. The van der Waals surface area contributed by atoms with Crippen LogP contribution in [-0.2, 0) is 15.2 Å². The van der Waals surface area contributed by atoms with E-state index in [1.54, 1.807) is 17.0 Å². The summed E-state index contributed by atoms with van der Waals surface area (Å²) in [6.45, 7) is 0.413. The van der Waals surface area contributed by atoms with Crippen molar-refractivity contribution in [3.8, 4) is 0 Å². The minimum atomic E-state index is -1.10. The number of β-amino-alcohol motifs (C(OH)–C–C–N with tert-alkyl or cyclic N) is 1. The van der Waals surface area contributed by atoms with E-state index in [0.29, 0.717) is 12.0 Å². The molecule has 6 heteroatoms. The summed E-state index contributed by atoms with van der Waals surface area (Å²) in [4.78, 5) is 25.1. The van der Waals surface area contributed by atoms with E-state index in [2.05, 4.69) is 5.32 Å². The van der Waals surface area contributed by atoms with Crippen LogP contribution in [0.1, 0.15) is 31.2 Å². The molecule has 0 saturated carbocycles. The van der Waals surface area contributed by atoms with E-state index in [0.717, 1.165) is 12.8 Å². The molecule has 5 nitrogen and oxygen atoms in total. The normalized spacial score (nSPS) is 23.6. The molecule has 0 spiro atoms. The van der Waals surface area contributed by atoms with E-state index < -0.39 is 5.60 Å². The number of halogens is 1. The van der Waals surface area contributed by atoms with Gasteiger partial charge in [0.1, 0.15) is 11.4 Å². The van der Waals surface area contributed by atoms with Crippen LogP contribution in [0.4, 0.5) is 4.39 Å². The fourth-order valence-corrected chi connectivity index (χ4v) is 3.08. The maximum absolute atomic E-state index is 12.9. The molecular formula is C16H19FN2O3. The molecule has 2 fully saturated rings. The standard InChI is InChI=1S/C16H19FN2O3/c17-12-6-4-11(5-7-12)16(22)9-19(10-16)15(21)8-13-2-1-3-14(20)18-13/h4-7,13,22H,1-3,8-10H2,(H,18,20). The Morgan fingerprint density at radius 2 is 2.05 bits per heavy atom. The van der Waals surface area contributed by atoms with E-state index >= 15 is 0 Å². The predicted molar refractivity (Wildman–Crippen MR) is 77.3 cm³/mol. The maximum atomic E-state index is 12.9. The Bertz CT molecular complexity index is 582. The van der Waals surface area contributed by atoms with E-state index in [1.807, 2.05) is 0 Å². The van der Waals surface area contributed by atoms with Crippen LogP contribution in [-0.4, -0.2) is 41.0 Å². The highest BCUT2D eigenvalue weighted by atomic mass is 19.1. The first-order valence-corrected chi connectivity index (χ1v) is 7.52. The third-order valence-electron chi connectivity index (χ3n) is 4.38. The second-order valence-corrected chi connectivity index (χ2v) is 6.15. The van der Waals surface area contributed by atoms with Gasteiger partial charge in [-0.1, -0.05) is 12.1 Å². The monoisotopic (exact) mass is 306 g/mol. The largest absolute Gasteiger partial charge is 0.381 e. The molecule has 3 rings (SSSR count). The Hall–Kier alpha value is -1.95. The minimum Gasteiger partial charge on any atom is -0.381 e. The molecule has 1 aromatic rings. The molecule has 2 N–H and O–H groups in total. The predicted octanol–water partition coefficient (Wildman–Crippen LogP) is 0.914. The molecule has 1 unspecified atom stereocenters. The number of aliphatic hydroxyl groups is 1. The molecule has 1 atom stereocenters. The Morgan fingerprint density at radius 3 is 2.68 bits per heavy atom. The summed E-state index contributed by atoms with van der Waals surface area (Å²) in [7, 11) is 0. The summed E-state index contributed by atoms with van der Waals surface area (Å²) in [6, 6.07) is 5.58. The molecular weight excluding hydrogens is 287 g/mol. The van der Waals surface area contributed by atoms with Gasteiger partial charge in [-0.05, 0) is 30.5 Å². The number of carbonyl (C=O) groups is 2. The van der Waals surface area contributed by atoms with E-state index in [4.69, 9.17) is 0 Å². The molecule has 118 valence electrons. The van der Waals surface area contributed by atoms with Crippen molar-refractivity contribution in [2.75, 3.05) is 13.1 Å². The van der Waals surface area contributed by atoms with Crippen LogP contribution in [0.5, 0.6) is 0 Å². The number of rotatable bonds is 3. The highest BCUT2D eigenvalue weighted by molar-refractivity contribution is 5.81. The molecule has 2 aliphatic rings. The highest BCUT2D eigenvalue weighted by Gasteiger charge is 2.45. The van der Waals surface area contributed by atoms with Crippen LogP contribution in [0.25, 0.3) is 0 Å². The van der Waals surface area contributed by atoms with Crippen molar-refractivity contribution >= 4 is 11.8 Å². The van der Waals surface area contributed by atoms with Gasteiger partial charge in [-0.3, -0.25) is 9.59 Å². The average Bonchev–Trinajstić information content (AvgIpc) is 2.44. The molecule has 0 aromatic heterocycles. The van der Waals surface area contributed by atoms with E-state index in [1.165, 1.54) is 12.1 Å². The number of nitrogens with one attached hydrogen (secondary N) is 1. The summed E-state index contributed by atoms with van der Waals surface area (Å²) in [5.74, 6) is -0.429. The fraction of sp³-hybridized carbons (Fsp3) is 0.500. The number of likely N-dealkylation sites (tertiary alicyclic amines) is 1. The number of amides is 2. The lowest BCUT2D eigenvalue weighted by atomic mass is 9.85. The molecule has 2 saturated heterocycles. The Morgan fingerprint density at radius 1 is 1.36 bits per heavy atom. The van der Waals surface area contributed by atoms with Crippen molar-refractivity contribution < 1.29 is 19.1 Å². The fourth-order valence-electron chi connectivity index (χ4n) is 3.08. The lowest BCUT2D eigenvalue weighted by Gasteiger charge is -2.47. The first-order chi connectivity index (χ1) is 10.5. The zero-order valence-electron chi connectivity index (χ0n) is 12.2. The third-order valence-corrected chi connectivity index (χ3v) is 4.38. The van der Waals surface area contributed by atoms with Crippen molar-refractivity contribution in [3.05, 3.63) is 35.6 Å². The molecule has 1 aromatic carbocycles. The lowest BCUT2D eigenvalue weighted by Crippen LogP contribution is -2.62. The molecule has 0 radical (unpaired) electrons. The number of hydrogen-bond acceptors (Lipinski definition) is 3. The van der Waals surface area contributed by atoms with Crippen LogP contribution in [0, 0.1) is 5.82 Å². The van der Waals surface area contributed by atoms with Crippen molar-refractivity contribution in [1.82, 2.24) is 10.2 Å². The lowest BCUT2D eigenvalue weighted by molar-refractivity contribution is -0.158. The van der Waals surface area contributed by atoms with Gasteiger partial charge in [0.2, 0.25) is 11.8 Å². The number of nitrogens with zero attached hydrogens (tertiary/aromatic N) is 1. The molecule has 0 aliphatic carbocycles. The highest BCUT2D eigenvalue weighted by Crippen LogP contribution is 2.32. The van der Waals surface area contributed by atoms with E-state index in [9.17, 15) is 19.1 Å². The first kappa shape index (κ1) is 15.0. The smallest absolute Gasteiger partial charge is 0.224 e. The third kappa shape index (κ3) is 2.97. The van der Waals surface area contributed by atoms with Crippen molar-refractivity contribution in [3.63, 3.8) is 0 Å². The summed E-state index contributed by atoms with van der Waals surface area (Å²) in [6.07, 6.45) is 2.42. The summed E-state index contributed by atoms with van der Waals surface area (Å²) in [5, 5.41) is 13.3. The summed E-state index contributed by atoms with van der Waals surface area (Å²) >= 11 is 0. The van der Waals surface area contributed by atoms with Crippen LogP contribution in [0.3, 0.4) is 0 Å². The van der Waals surface area contributed by atoms with Gasteiger partial charge in [0.15, 0.2) is 0 Å². The van der Waals surface area contributed by atoms with Crippen LogP contribution < -0.4 is 5.32 Å². The number of piperidine rings is 1. The van der Waals surface area contributed by atoms with Crippen molar-refractivity contribution in [2.45, 2.75) is 37.3 Å². The zero-order valence-corrected chi connectivity index (χ0v) is 12.2. The molecule has 2 aliphatic heterocycles. The van der Waals surface area contributed by atoms with Gasteiger partial charge in [0.25, 0.3) is 0 Å². The number of hydrogen-bond donors (Lipinski definition) is 2. The van der Waals surface area contributed by atoms with Gasteiger partial charge in [-0.25, -0.2) is 4.39 Å². The van der Waals surface area contributed by atoms with Gasteiger partial charge in [0.05, 0.1) is 13.1 Å². The van der Waals surface area contributed by atoms with Crippen LogP contribution in [0.2, 0.25) is 0 Å². The van der Waals surface area contributed by atoms with Crippen molar-refractivity contribution in [2.24, 2.45) is 0 Å². The van der Waals surface area contributed by atoms with Crippen LogP contribution >= 0.6 is 0 Å². The van der Waals surface area contributed by atoms with Gasteiger partial charge in [-0.15, -0.1) is 0 Å². The molecule has 22 heavy (non-hydrogen) atoms. The number of benzene rings is 1. The second kappa shape index (κ2) is 5.68. The first-order valence-electron chi connectivity index (χ1n) is 7.52. The van der Waals surface area contributed by atoms with E-state index in [-0.39, 0.29) is 43.2 Å². The van der Waals surface area contributed by atoms with Crippen molar-refractivity contribution in [1.29, 1.82) is 0 Å². The Labute approximate surface area is 128 Å². The van der Waals surface area contributed by atoms with Gasteiger partial charge >= 0.3 is 0 Å². The maximum Gasteiger partial charge on any atom is 0.224 e. The van der Waals surface area contributed by atoms with Gasteiger partial charge in [-0.2, -0.15) is 0 Å². The van der Waals surface area contributed by atoms with Crippen LogP contribution in [0.15, 0.2) is 24.3 Å². The second-order valence-electron chi connectivity index (χ2n) is 6.15. The summed E-state index contributed by atoms with van der Waals surface area (Å²) < 4.78 is 12.9. The Balaban J connectivity index is 1.54. The quantitative estimate of drug-likeness (QED) is 0.872. The van der Waals surface area contributed by atoms with Gasteiger partial charge < -0.3 is 15.3 Å². The average molecular weight is 306 g/mol. The Kier molecular flexibility index (Phi) is 3.87. The topological polar surface area (TPSA) is 69.6 Å². The van der Waals surface area contributed by atoms with Gasteiger partial charge in [0, 0.05) is 18.9 Å². The minimum absolute atomic E-state index is 0.00419. The summed E-state index contributed by atoms with van der Waals surface area (Å²) in [5.41, 5.74) is -0.483. The zero-order chi connectivity index (χ0) is 15.7.